The van der Waals surface area contributed by atoms with Gasteiger partial charge in [0.25, 0.3) is 0 Å². The molecule has 0 bridgehead atoms. The van der Waals surface area contributed by atoms with E-state index in [0.29, 0.717) is 30.0 Å². The number of aryl methyl sites for hydroxylation is 1. The van der Waals surface area contributed by atoms with Crippen molar-refractivity contribution in [3.05, 3.63) is 50.6 Å². The Labute approximate surface area is 179 Å². The van der Waals surface area contributed by atoms with Crippen molar-refractivity contribution in [2.24, 2.45) is 0 Å². The van der Waals surface area contributed by atoms with Crippen molar-refractivity contribution in [2.75, 3.05) is 13.1 Å². The monoisotopic (exact) mass is 484 g/mol. The third-order valence-electron chi connectivity index (χ3n) is 4.84. The second-order valence-corrected chi connectivity index (χ2v) is 11.4. The Hall–Kier alpha value is -1.22. The van der Waals surface area contributed by atoms with Gasteiger partial charge in [-0.05, 0) is 65.4 Å². The molecule has 152 valence electrons. The van der Waals surface area contributed by atoms with E-state index in [1.54, 1.807) is 33.8 Å². The number of sulfonamides is 1. The van der Waals surface area contributed by atoms with Crippen LogP contribution in [-0.4, -0.2) is 31.7 Å². The predicted molar refractivity (Wildman–Crippen MR) is 116 cm³/mol. The highest BCUT2D eigenvalue weighted by atomic mass is 79.9. The Morgan fingerprint density at radius 1 is 1.11 bits per heavy atom. The largest absolute Gasteiger partial charge is 0.352 e. The molecule has 0 saturated carbocycles. The van der Waals surface area contributed by atoms with Gasteiger partial charge in [-0.15, -0.1) is 11.3 Å². The van der Waals surface area contributed by atoms with Gasteiger partial charge in [0.15, 0.2) is 0 Å². The maximum Gasteiger partial charge on any atom is 0.243 e. The van der Waals surface area contributed by atoms with Crippen LogP contribution in [0.4, 0.5) is 0 Å². The Kier molecular flexibility index (Phi) is 7.68. The molecular weight excluding hydrogens is 460 g/mol. The van der Waals surface area contributed by atoms with E-state index in [2.05, 4.69) is 27.3 Å². The summed E-state index contributed by atoms with van der Waals surface area (Å²) in [4.78, 5) is 13.8. The number of nitrogens with zero attached hydrogens (tertiary/aromatic N) is 1. The average molecular weight is 485 g/mol. The molecule has 5 nitrogen and oxygen atoms in total. The lowest BCUT2D eigenvalue weighted by Crippen LogP contribution is -2.36. The molecule has 1 fully saturated rings. The van der Waals surface area contributed by atoms with Crippen LogP contribution in [0.25, 0.3) is 0 Å². The quantitative estimate of drug-likeness (QED) is 0.606. The molecule has 1 aliphatic heterocycles. The predicted octanol–water partition coefficient (Wildman–Crippen LogP) is 4.32. The van der Waals surface area contributed by atoms with Crippen molar-refractivity contribution >= 4 is 43.2 Å². The van der Waals surface area contributed by atoms with Gasteiger partial charge in [0, 0.05) is 30.9 Å². The standard InChI is InChI=1S/C20H25BrN2O3S2/c21-19-12-11-17(27-19)8-6-10-20(24)22-15-16-7-2-3-9-18(16)28(25,26)23-13-4-1-5-14-23/h2-3,7,9,11-12H,1,4-6,8,10,13-15H2,(H,22,24). The molecule has 0 radical (unpaired) electrons. The molecule has 0 spiro atoms. The van der Waals surface area contributed by atoms with Gasteiger partial charge in [-0.1, -0.05) is 24.6 Å². The van der Waals surface area contributed by atoms with Crippen LogP contribution in [0.15, 0.2) is 45.1 Å². The van der Waals surface area contributed by atoms with Crippen LogP contribution in [0.3, 0.4) is 0 Å². The van der Waals surface area contributed by atoms with Gasteiger partial charge in [-0.2, -0.15) is 4.31 Å². The number of halogens is 1. The fourth-order valence-corrected chi connectivity index (χ4v) is 6.60. The molecule has 0 atom stereocenters. The number of carbonyl (C=O) groups excluding carboxylic acids is 1. The molecule has 8 heteroatoms. The summed E-state index contributed by atoms with van der Waals surface area (Å²) in [6.07, 6.45) is 4.94. The van der Waals surface area contributed by atoms with Gasteiger partial charge in [-0.3, -0.25) is 4.79 Å². The third kappa shape index (κ3) is 5.65. The van der Waals surface area contributed by atoms with Gasteiger partial charge >= 0.3 is 0 Å². The smallest absolute Gasteiger partial charge is 0.243 e. The number of amides is 1. The molecule has 1 amide bonds. The van der Waals surface area contributed by atoms with E-state index < -0.39 is 10.0 Å². The van der Waals surface area contributed by atoms with Crippen LogP contribution in [-0.2, 0) is 27.8 Å². The first-order valence-corrected chi connectivity index (χ1v) is 12.6. The fraction of sp³-hybridized carbons (Fsp3) is 0.450. The highest BCUT2D eigenvalue weighted by Crippen LogP contribution is 2.24. The topological polar surface area (TPSA) is 66.5 Å². The molecule has 2 heterocycles. The first-order chi connectivity index (χ1) is 13.5. The lowest BCUT2D eigenvalue weighted by molar-refractivity contribution is -0.121. The van der Waals surface area contributed by atoms with Gasteiger partial charge in [-0.25, -0.2) is 8.42 Å². The molecular formula is C20H25BrN2O3S2. The number of nitrogens with one attached hydrogen (secondary N) is 1. The summed E-state index contributed by atoms with van der Waals surface area (Å²) in [7, 11) is -3.51. The summed E-state index contributed by atoms with van der Waals surface area (Å²) in [5.74, 6) is -0.0548. The second kappa shape index (κ2) is 10.0. The molecule has 1 saturated heterocycles. The van der Waals surface area contributed by atoms with Crippen molar-refractivity contribution in [3.8, 4) is 0 Å². The summed E-state index contributed by atoms with van der Waals surface area (Å²) >= 11 is 5.12. The Balaban J connectivity index is 1.56. The third-order valence-corrected chi connectivity index (χ3v) is 8.52. The van der Waals surface area contributed by atoms with E-state index >= 15 is 0 Å². The average Bonchev–Trinajstić information content (AvgIpc) is 3.12. The highest BCUT2D eigenvalue weighted by molar-refractivity contribution is 9.11. The normalized spacial score (nSPS) is 15.5. The number of hydrogen-bond donors (Lipinski definition) is 1. The first-order valence-electron chi connectivity index (χ1n) is 9.56. The number of piperidine rings is 1. The molecule has 1 aliphatic rings. The molecule has 0 unspecified atom stereocenters. The van der Waals surface area contributed by atoms with Gasteiger partial charge < -0.3 is 5.32 Å². The number of hydrogen-bond acceptors (Lipinski definition) is 4. The van der Waals surface area contributed by atoms with E-state index in [1.807, 2.05) is 12.1 Å². The van der Waals surface area contributed by atoms with Crippen LogP contribution >= 0.6 is 27.3 Å². The van der Waals surface area contributed by atoms with E-state index in [9.17, 15) is 13.2 Å². The lowest BCUT2D eigenvalue weighted by atomic mass is 10.2. The van der Waals surface area contributed by atoms with Gasteiger partial charge in [0.1, 0.15) is 0 Å². The summed E-state index contributed by atoms with van der Waals surface area (Å²) in [6.45, 7) is 1.37. The molecule has 1 N–H and O–H groups in total. The summed E-state index contributed by atoms with van der Waals surface area (Å²) < 4.78 is 28.6. The zero-order valence-electron chi connectivity index (χ0n) is 15.7. The molecule has 1 aromatic carbocycles. The fourth-order valence-electron chi connectivity index (χ4n) is 3.34. The number of carbonyl (C=O) groups is 1. The van der Waals surface area contributed by atoms with Crippen molar-refractivity contribution in [1.29, 1.82) is 0 Å². The zero-order valence-corrected chi connectivity index (χ0v) is 18.9. The van der Waals surface area contributed by atoms with E-state index in [0.717, 1.165) is 35.9 Å². The Morgan fingerprint density at radius 3 is 2.57 bits per heavy atom. The SMILES string of the molecule is O=C(CCCc1ccc(Br)s1)NCc1ccccc1S(=O)(=O)N1CCCCC1. The minimum atomic E-state index is -3.51. The zero-order chi connectivity index (χ0) is 20.0. The molecule has 0 aliphatic carbocycles. The molecule has 1 aromatic heterocycles. The van der Waals surface area contributed by atoms with Gasteiger partial charge in [0.2, 0.25) is 15.9 Å². The first kappa shape index (κ1) is 21.5. The minimum Gasteiger partial charge on any atom is -0.352 e. The van der Waals surface area contributed by atoms with Crippen LogP contribution < -0.4 is 5.32 Å². The van der Waals surface area contributed by atoms with Gasteiger partial charge in [0.05, 0.1) is 8.68 Å². The minimum absolute atomic E-state index is 0.0548. The van der Waals surface area contributed by atoms with Crippen LogP contribution in [0.5, 0.6) is 0 Å². The summed E-state index contributed by atoms with van der Waals surface area (Å²) in [6, 6.07) is 11.0. The van der Waals surface area contributed by atoms with E-state index in [1.165, 1.54) is 4.88 Å². The Morgan fingerprint density at radius 2 is 1.86 bits per heavy atom. The Bertz CT molecular complexity index is 906. The van der Waals surface area contributed by atoms with Crippen LogP contribution in [0.1, 0.15) is 42.5 Å². The molecule has 2 aromatic rings. The maximum absolute atomic E-state index is 13.0. The van der Waals surface area contributed by atoms with Crippen molar-refractivity contribution < 1.29 is 13.2 Å². The second-order valence-electron chi connectivity index (χ2n) is 6.91. The number of thiophene rings is 1. The van der Waals surface area contributed by atoms with Crippen molar-refractivity contribution in [2.45, 2.75) is 50.0 Å². The maximum atomic E-state index is 13.0. The van der Waals surface area contributed by atoms with E-state index in [-0.39, 0.29) is 12.5 Å². The highest BCUT2D eigenvalue weighted by Gasteiger charge is 2.27. The van der Waals surface area contributed by atoms with E-state index in [4.69, 9.17) is 0 Å². The summed E-state index contributed by atoms with van der Waals surface area (Å²) in [5.41, 5.74) is 0.642. The number of benzene rings is 1. The number of rotatable bonds is 8. The van der Waals surface area contributed by atoms with Crippen molar-refractivity contribution in [3.63, 3.8) is 0 Å². The molecule has 3 rings (SSSR count). The van der Waals surface area contributed by atoms with Crippen LogP contribution in [0.2, 0.25) is 0 Å². The lowest BCUT2D eigenvalue weighted by Gasteiger charge is -2.26. The molecule has 28 heavy (non-hydrogen) atoms. The van der Waals surface area contributed by atoms with Crippen molar-refractivity contribution in [1.82, 2.24) is 9.62 Å². The van der Waals surface area contributed by atoms with Crippen LogP contribution in [0, 0.1) is 0 Å². The summed E-state index contributed by atoms with van der Waals surface area (Å²) in [5, 5.41) is 2.88.